The summed E-state index contributed by atoms with van der Waals surface area (Å²) < 4.78 is 6.20. The molecule has 4 rings (SSSR count). The third-order valence-electron chi connectivity index (χ3n) is 4.76. The van der Waals surface area contributed by atoms with Crippen molar-refractivity contribution < 1.29 is 4.74 Å². The zero-order chi connectivity index (χ0) is 25.8. The van der Waals surface area contributed by atoms with Crippen LogP contribution in [0.3, 0.4) is 0 Å². The fourth-order valence-electron chi connectivity index (χ4n) is 3.09. The van der Waals surface area contributed by atoms with Gasteiger partial charge in [-0.1, -0.05) is 112 Å². The van der Waals surface area contributed by atoms with Gasteiger partial charge in [-0.2, -0.15) is 10.5 Å². The van der Waals surface area contributed by atoms with Gasteiger partial charge < -0.3 is 4.74 Å². The zero-order valence-corrected chi connectivity index (χ0v) is 23.3. The van der Waals surface area contributed by atoms with E-state index in [0.29, 0.717) is 29.6 Å². The summed E-state index contributed by atoms with van der Waals surface area (Å²) >= 11 is 34.7. The van der Waals surface area contributed by atoms with Gasteiger partial charge in [0, 0.05) is 9.79 Å². The molecule has 0 unspecified atom stereocenters. The van der Waals surface area contributed by atoms with Gasteiger partial charge in [-0.05, 0) is 36.4 Å². The summed E-state index contributed by atoms with van der Waals surface area (Å²) in [5.74, 6) is 0.309. The molecule has 0 saturated heterocycles. The fourth-order valence-corrected chi connectivity index (χ4v) is 6.45. The van der Waals surface area contributed by atoms with E-state index in [4.69, 9.17) is 62.7 Å². The van der Waals surface area contributed by atoms with Crippen molar-refractivity contribution in [2.24, 2.45) is 0 Å². The molecule has 178 valence electrons. The van der Waals surface area contributed by atoms with Crippen molar-refractivity contribution in [1.82, 2.24) is 0 Å². The minimum atomic E-state index is -0.0448. The highest BCUT2D eigenvalue weighted by Gasteiger charge is 2.28. The van der Waals surface area contributed by atoms with Gasteiger partial charge in [-0.3, -0.25) is 0 Å². The predicted molar refractivity (Wildman–Crippen MR) is 149 cm³/mol. The lowest BCUT2D eigenvalue weighted by atomic mass is 10.1. The molecule has 0 aliphatic rings. The van der Waals surface area contributed by atoms with Crippen molar-refractivity contribution in [2.45, 2.75) is 19.6 Å². The SMILES string of the molecule is N#Cc1c(Cl)c(Sc2ccccc2Cl)c(Sc2ccccc2Cl)c(Oc2cccc(Cl)c2Cl)c1C#N. The molecule has 0 atom stereocenters. The van der Waals surface area contributed by atoms with E-state index in [2.05, 4.69) is 6.07 Å². The Kier molecular flexibility index (Phi) is 8.88. The number of hydrogen-bond acceptors (Lipinski definition) is 5. The second kappa shape index (κ2) is 11.9. The van der Waals surface area contributed by atoms with Gasteiger partial charge in [-0.15, -0.1) is 0 Å². The summed E-state index contributed by atoms with van der Waals surface area (Å²) in [5.41, 5.74) is -0.0815. The highest BCUT2D eigenvalue weighted by Crippen LogP contribution is 2.53. The molecule has 0 bridgehead atoms. The molecule has 0 fully saturated rings. The normalized spacial score (nSPS) is 10.5. The molecule has 0 saturated carbocycles. The van der Waals surface area contributed by atoms with Crippen LogP contribution in [0.4, 0.5) is 0 Å². The molecule has 0 aliphatic carbocycles. The first-order chi connectivity index (χ1) is 17.3. The monoisotopic (exact) mass is 606 g/mol. The third kappa shape index (κ3) is 5.54. The molecule has 4 aromatic carbocycles. The first-order valence-electron chi connectivity index (χ1n) is 10.0. The van der Waals surface area contributed by atoms with E-state index >= 15 is 0 Å². The van der Waals surface area contributed by atoms with Crippen LogP contribution in [-0.2, 0) is 0 Å². The molecule has 0 heterocycles. The molecule has 0 aliphatic heterocycles. The van der Waals surface area contributed by atoms with Gasteiger partial charge in [0.1, 0.15) is 28.5 Å². The summed E-state index contributed by atoms with van der Waals surface area (Å²) in [7, 11) is 0. The van der Waals surface area contributed by atoms with Gasteiger partial charge in [0.15, 0.2) is 5.75 Å². The molecule has 0 spiro atoms. The lowest BCUT2D eigenvalue weighted by Gasteiger charge is -2.20. The Morgan fingerprint density at radius 1 is 0.583 bits per heavy atom. The van der Waals surface area contributed by atoms with Crippen LogP contribution in [0.25, 0.3) is 0 Å². The van der Waals surface area contributed by atoms with Crippen LogP contribution >= 0.6 is 81.5 Å². The molecular formula is C26H11Cl5N2OS2. The smallest absolute Gasteiger partial charge is 0.161 e. The van der Waals surface area contributed by atoms with Gasteiger partial charge in [0.25, 0.3) is 0 Å². The summed E-state index contributed by atoms with van der Waals surface area (Å²) in [6.07, 6.45) is 0. The molecule has 0 N–H and O–H groups in total. The van der Waals surface area contributed by atoms with Crippen LogP contribution in [0.1, 0.15) is 11.1 Å². The van der Waals surface area contributed by atoms with Crippen molar-refractivity contribution in [3.8, 4) is 23.6 Å². The maximum Gasteiger partial charge on any atom is 0.161 e. The Morgan fingerprint density at radius 3 is 1.67 bits per heavy atom. The molecule has 36 heavy (non-hydrogen) atoms. The highest BCUT2D eigenvalue weighted by molar-refractivity contribution is 8.02. The molecule has 3 nitrogen and oxygen atoms in total. The molecule has 10 heteroatoms. The number of ether oxygens (including phenoxy) is 1. The van der Waals surface area contributed by atoms with E-state index in [9.17, 15) is 10.5 Å². The van der Waals surface area contributed by atoms with Crippen LogP contribution in [0, 0.1) is 22.7 Å². The van der Waals surface area contributed by atoms with Gasteiger partial charge in [0.2, 0.25) is 0 Å². The lowest BCUT2D eigenvalue weighted by molar-refractivity contribution is 0.466. The van der Waals surface area contributed by atoms with E-state index in [-0.39, 0.29) is 37.7 Å². The van der Waals surface area contributed by atoms with Crippen molar-refractivity contribution in [1.29, 1.82) is 10.5 Å². The number of nitrogens with zero attached hydrogens (tertiary/aromatic N) is 2. The van der Waals surface area contributed by atoms with Crippen LogP contribution in [-0.4, -0.2) is 0 Å². The number of nitriles is 2. The Hall–Kier alpha value is -2.19. The molecule has 0 radical (unpaired) electrons. The van der Waals surface area contributed by atoms with E-state index in [1.807, 2.05) is 36.4 Å². The number of hydrogen-bond donors (Lipinski definition) is 0. The molecule has 0 amide bonds. The zero-order valence-electron chi connectivity index (χ0n) is 17.9. The highest BCUT2D eigenvalue weighted by atomic mass is 35.5. The maximum atomic E-state index is 10.1. The Bertz CT molecular complexity index is 1560. The van der Waals surface area contributed by atoms with Gasteiger partial charge in [-0.25, -0.2) is 0 Å². The second-order valence-corrected chi connectivity index (χ2v) is 11.1. The van der Waals surface area contributed by atoms with Crippen molar-refractivity contribution >= 4 is 81.5 Å². The van der Waals surface area contributed by atoms with Crippen LogP contribution in [0.5, 0.6) is 11.5 Å². The third-order valence-corrected chi connectivity index (χ3v) is 9.42. The van der Waals surface area contributed by atoms with E-state index in [1.165, 1.54) is 23.5 Å². The van der Waals surface area contributed by atoms with E-state index in [1.54, 1.807) is 36.4 Å². The van der Waals surface area contributed by atoms with Crippen LogP contribution < -0.4 is 4.74 Å². The summed E-state index contributed by atoms with van der Waals surface area (Å²) in [5, 5.41) is 21.5. The van der Waals surface area contributed by atoms with Crippen LogP contribution in [0.2, 0.25) is 25.1 Å². The van der Waals surface area contributed by atoms with E-state index < -0.39 is 0 Å². The first-order valence-corrected chi connectivity index (χ1v) is 13.5. The number of benzene rings is 4. The Balaban J connectivity index is 2.03. The molecular weight excluding hydrogens is 598 g/mol. The summed E-state index contributed by atoms with van der Waals surface area (Å²) in [6, 6.07) is 23.4. The summed E-state index contributed by atoms with van der Waals surface area (Å²) in [6.45, 7) is 0. The fraction of sp³-hybridized carbons (Fsp3) is 0. The Morgan fingerprint density at radius 2 is 1.11 bits per heavy atom. The number of halogens is 5. The topological polar surface area (TPSA) is 56.8 Å². The van der Waals surface area contributed by atoms with Crippen molar-refractivity contribution in [3.63, 3.8) is 0 Å². The predicted octanol–water partition coefficient (Wildman–Crippen LogP) is 10.8. The Labute approximate surface area is 241 Å². The molecule has 4 aromatic rings. The second-order valence-electron chi connectivity index (χ2n) is 6.99. The number of rotatable bonds is 6. The van der Waals surface area contributed by atoms with E-state index in [0.717, 1.165) is 0 Å². The minimum Gasteiger partial charge on any atom is -0.453 e. The minimum absolute atomic E-state index is 0.0367. The lowest BCUT2D eigenvalue weighted by Crippen LogP contribution is -1.99. The van der Waals surface area contributed by atoms with Crippen LogP contribution in [0.15, 0.2) is 86.3 Å². The van der Waals surface area contributed by atoms with Gasteiger partial charge in [0.05, 0.1) is 35.4 Å². The maximum absolute atomic E-state index is 10.1. The average Bonchev–Trinajstić information content (AvgIpc) is 2.87. The molecule has 0 aromatic heterocycles. The first kappa shape index (κ1) is 26.9. The standard InChI is InChI=1S/C26H11Cl5N2OS2/c27-16-6-1-3-10-20(16)35-25-22(30)14(12-32)15(13-33)24(34-19-9-5-8-18(29)23(19)31)26(25)36-21-11-4-2-7-17(21)28/h1-11H. The largest absolute Gasteiger partial charge is 0.453 e. The quantitative estimate of drug-likeness (QED) is 0.218. The van der Waals surface area contributed by atoms with Crippen molar-refractivity contribution in [3.05, 3.63) is 103 Å². The average molecular weight is 609 g/mol. The van der Waals surface area contributed by atoms with Gasteiger partial charge >= 0.3 is 0 Å². The van der Waals surface area contributed by atoms with Crippen molar-refractivity contribution in [2.75, 3.05) is 0 Å². The summed E-state index contributed by atoms with van der Waals surface area (Å²) in [4.78, 5) is 2.32.